The molecule has 0 spiro atoms. The molecule has 0 unspecified atom stereocenters. The van der Waals surface area contributed by atoms with Crippen LogP contribution in [-0.4, -0.2) is 43.4 Å². The Morgan fingerprint density at radius 3 is 2.65 bits per heavy atom. The molecule has 0 fully saturated rings. The van der Waals surface area contributed by atoms with E-state index in [-0.39, 0.29) is 42.5 Å². The summed E-state index contributed by atoms with van der Waals surface area (Å²) in [4.78, 5) is 17.3. The van der Waals surface area contributed by atoms with Crippen LogP contribution in [-0.2, 0) is 11.3 Å². The number of carbonyl (C=O) groups excluding carboxylic acids is 1. The normalized spacial score (nSPS) is 10.9. The van der Waals surface area contributed by atoms with E-state index in [0.717, 1.165) is 5.76 Å². The van der Waals surface area contributed by atoms with Crippen molar-refractivity contribution in [3.63, 3.8) is 0 Å². The Bertz CT molecular complexity index is 416. The Hall–Kier alpha value is -1.25. The highest BCUT2D eigenvalue weighted by Crippen LogP contribution is 1.98. The fraction of sp³-hybridized carbons (Fsp3) is 0.538. The van der Waals surface area contributed by atoms with Gasteiger partial charge >= 0.3 is 0 Å². The van der Waals surface area contributed by atoms with Crippen molar-refractivity contribution in [2.24, 2.45) is 4.99 Å². The van der Waals surface area contributed by atoms with Gasteiger partial charge in [-0.15, -0.1) is 24.0 Å². The number of aliphatic imine (C=N–C) groups is 1. The quantitative estimate of drug-likeness (QED) is 0.451. The van der Waals surface area contributed by atoms with Gasteiger partial charge in [-0.05, 0) is 26.0 Å². The van der Waals surface area contributed by atoms with E-state index in [1.807, 2.05) is 26.0 Å². The Balaban J connectivity index is 0.00000361. The number of guanidine groups is 1. The van der Waals surface area contributed by atoms with Gasteiger partial charge in [-0.25, -0.2) is 4.99 Å². The third-order valence-electron chi connectivity index (χ3n) is 2.31. The van der Waals surface area contributed by atoms with E-state index in [2.05, 4.69) is 15.6 Å². The number of rotatable bonds is 5. The third-order valence-corrected chi connectivity index (χ3v) is 2.31. The lowest BCUT2D eigenvalue weighted by Gasteiger charge is -2.15. The van der Waals surface area contributed by atoms with E-state index < -0.39 is 0 Å². The van der Waals surface area contributed by atoms with Crippen molar-refractivity contribution < 1.29 is 9.21 Å². The van der Waals surface area contributed by atoms with E-state index in [4.69, 9.17) is 4.42 Å². The number of furan rings is 1. The molecule has 1 aromatic heterocycles. The standard InChI is InChI=1S/C13H22N4O2.HI/c1-10(2)16-13(15-9-12(18)17(3)4)14-8-11-6-5-7-19-11;/h5-7,10H,8-9H2,1-4H3,(H2,14,15,16);1H. The van der Waals surface area contributed by atoms with Crippen LogP contribution in [0.15, 0.2) is 27.8 Å². The maximum atomic E-state index is 11.5. The molecule has 1 amide bonds. The van der Waals surface area contributed by atoms with E-state index >= 15 is 0 Å². The predicted octanol–water partition coefficient (Wildman–Crippen LogP) is 1.43. The second-order valence-electron chi connectivity index (χ2n) is 4.68. The van der Waals surface area contributed by atoms with E-state index in [1.165, 1.54) is 4.90 Å². The minimum atomic E-state index is -0.0390. The van der Waals surface area contributed by atoms with Crippen molar-refractivity contribution in [1.82, 2.24) is 15.5 Å². The Kier molecular flexibility index (Phi) is 9.02. The Morgan fingerprint density at radius 1 is 1.45 bits per heavy atom. The first kappa shape index (κ1) is 18.8. The number of nitrogens with zero attached hydrogens (tertiary/aromatic N) is 2. The van der Waals surface area contributed by atoms with Crippen molar-refractivity contribution in [3.8, 4) is 0 Å². The molecule has 2 N–H and O–H groups in total. The second kappa shape index (κ2) is 9.62. The molecular weight excluding hydrogens is 371 g/mol. The number of halogens is 1. The van der Waals surface area contributed by atoms with Crippen LogP contribution in [0.1, 0.15) is 19.6 Å². The predicted molar refractivity (Wildman–Crippen MR) is 90.2 cm³/mol. The number of hydrogen-bond acceptors (Lipinski definition) is 3. The molecule has 0 bridgehead atoms. The minimum absolute atomic E-state index is 0. The zero-order valence-electron chi connectivity index (χ0n) is 12.3. The molecule has 0 atom stereocenters. The van der Waals surface area contributed by atoms with Crippen molar-refractivity contribution in [1.29, 1.82) is 0 Å². The molecule has 0 radical (unpaired) electrons. The molecule has 0 aliphatic carbocycles. The number of amides is 1. The summed E-state index contributed by atoms with van der Waals surface area (Å²) >= 11 is 0. The molecule has 1 rings (SSSR count). The monoisotopic (exact) mass is 394 g/mol. The molecule has 7 heteroatoms. The number of hydrogen-bond donors (Lipinski definition) is 2. The van der Waals surface area contributed by atoms with Gasteiger partial charge in [0.05, 0.1) is 12.8 Å². The fourth-order valence-corrected chi connectivity index (χ4v) is 1.30. The molecule has 0 aromatic carbocycles. The first-order chi connectivity index (χ1) is 8.99. The smallest absolute Gasteiger partial charge is 0.243 e. The molecule has 0 aliphatic rings. The average molecular weight is 394 g/mol. The summed E-state index contributed by atoms with van der Waals surface area (Å²) in [5, 5.41) is 6.29. The molecule has 0 aliphatic heterocycles. The first-order valence-corrected chi connectivity index (χ1v) is 6.26. The third kappa shape index (κ3) is 7.37. The van der Waals surface area contributed by atoms with Crippen LogP contribution >= 0.6 is 24.0 Å². The Morgan fingerprint density at radius 2 is 2.15 bits per heavy atom. The minimum Gasteiger partial charge on any atom is -0.467 e. The summed E-state index contributed by atoms with van der Waals surface area (Å²) < 4.78 is 5.23. The van der Waals surface area contributed by atoms with Crippen LogP contribution in [0.5, 0.6) is 0 Å². The molecule has 1 heterocycles. The molecule has 114 valence electrons. The first-order valence-electron chi connectivity index (χ1n) is 6.26. The zero-order chi connectivity index (χ0) is 14.3. The summed E-state index contributed by atoms with van der Waals surface area (Å²) in [6, 6.07) is 3.95. The molecule has 0 saturated heterocycles. The number of nitrogens with one attached hydrogen (secondary N) is 2. The van der Waals surface area contributed by atoms with Crippen molar-refractivity contribution in [2.75, 3.05) is 20.6 Å². The van der Waals surface area contributed by atoms with Crippen LogP contribution in [0, 0.1) is 0 Å². The van der Waals surface area contributed by atoms with E-state index in [0.29, 0.717) is 12.5 Å². The van der Waals surface area contributed by atoms with Gasteiger partial charge in [0.15, 0.2) is 5.96 Å². The van der Waals surface area contributed by atoms with Crippen molar-refractivity contribution in [3.05, 3.63) is 24.2 Å². The number of carbonyl (C=O) groups is 1. The van der Waals surface area contributed by atoms with Gasteiger partial charge < -0.3 is 20.0 Å². The molecule has 20 heavy (non-hydrogen) atoms. The maximum Gasteiger partial charge on any atom is 0.243 e. The van der Waals surface area contributed by atoms with Crippen LogP contribution < -0.4 is 10.6 Å². The van der Waals surface area contributed by atoms with Gasteiger partial charge in [-0.1, -0.05) is 0 Å². The van der Waals surface area contributed by atoms with Gasteiger partial charge in [0, 0.05) is 20.1 Å². The fourth-order valence-electron chi connectivity index (χ4n) is 1.30. The van der Waals surface area contributed by atoms with Gasteiger partial charge in [-0.3, -0.25) is 4.79 Å². The zero-order valence-corrected chi connectivity index (χ0v) is 14.7. The van der Waals surface area contributed by atoms with Crippen molar-refractivity contribution in [2.45, 2.75) is 26.4 Å². The summed E-state index contributed by atoms with van der Waals surface area (Å²) in [6.07, 6.45) is 1.62. The second-order valence-corrected chi connectivity index (χ2v) is 4.68. The maximum absolute atomic E-state index is 11.5. The molecule has 6 nitrogen and oxygen atoms in total. The van der Waals surface area contributed by atoms with Gasteiger partial charge in [0.2, 0.25) is 5.91 Å². The van der Waals surface area contributed by atoms with Crippen molar-refractivity contribution >= 4 is 35.8 Å². The van der Waals surface area contributed by atoms with Crippen LogP contribution in [0.4, 0.5) is 0 Å². The topological polar surface area (TPSA) is 69.9 Å². The molecule has 1 aromatic rings. The Labute approximate surface area is 137 Å². The van der Waals surface area contributed by atoms with Gasteiger partial charge in [-0.2, -0.15) is 0 Å². The summed E-state index contributed by atoms with van der Waals surface area (Å²) in [6.45, 7) is 4.67. The summed E-state index contributed by atoms with van der Waals surface area (Å²) in [7, 11) is 3.42. The number of likely N-dealkylation sites (N-methyl/N-ethyl adjacent to an activating group) is 1. The lowest BCUT2D eigenvalue weighted by Crippen LogP contribution is -2.41. The van der Waals surface area contributed by atoms with Gasteiger partial charge in [0.25, 0.3) is 0 Å². The van der Waals surface area contributed by atoms with Crippen LogP contribution in [0.3, 0.4) is 0 Å². The average Bonchev–Trinajstić information content (AvgIpc) is 2.84. The summed E-state index contributed by atoms with van der Waals surface area (Å²) in [5.74, 6) is 1.38. The lowest BCUT2D eigenvalue weighted by atomic mass is 10.4. The highest BCUT2D eigenvalue weighted by molar-refractivity contribution is 14.0. The van der Waals surface area contributed by atoms with Gasteiger partial charge in [0.1, 0.15) is 12.3 Å². The summed E-state index contributed by atoms with van der Waals surface area (Å²) in [5.41, 5.74) is 0. The van der Waals surface area contributed by atoms with Crippen LogP contribution in [0.25, 0.3) is 0 Å². The SMILES string of the molecule is CC(C)NC(=NCC(=O)N(C)C)NCc1ccco1.I. The van der Waals surface area contributed by atoms with E-state index in [1.54, 1.807) is 20.4 Å². The lowest BCUT2D eigenvalue weighted by molar-refractivity contribution is -0.127. The van der Waals surface area contributed by atoms with Crippen LogP contribution in [0.2, 0.25) is 0 Å². The molecule has 0 saturated carbocycles. The largest absolute Gasteiger partial charge is 0.467 e. The van der Waals surface area contributed by atoms with E-state index in [9.17, 15) is 4.79 Å². The molecular formula is C13H23IN4O2. The highest BCUT2D eigenvalue weighted by atomic mass is 127. The highest BCUT2D eigenvalue weighted by Gasteiger charge is 2.06.